The van der Waals surface area contributed by atoms with Gasteiger partial charge >= 0.3 is 0 Å². The predicted octanol–water partition coefficient (Wildman–Crippen LogP) is 1.88. The van der Waals surface area contributed by atoms with E-state index in [9.17, 15) is 4.79 Å². The van der Waals surface area contributed by atoms with Crippen LogP contribution in [-0.2, 0) is 4.79 Å². The summed E-state index contributed by atoms with van der Waals surface area (Å²) in [6, 6.07) is 0.383. The molecule has 0 spiro atoms. The molecule has 0 aromatic carbocycles. The van der Waals surface area contributed by atoms with Crippen LogP contribution in [0.15, 0.2) is 0 Å². The molecule has 0 bridgehead atoms. The lowest BCUT2D eigenvalue weighted by Gasteiger charge is -2.28. The number of amides is 1. The SMILES string of the molecule is CC(C(=O)NC1CCCCC1)N(C)CCCCCN. The van der Waals surface area contributed by atoms with Gasteiger partial charge in [-0.15, -0.1) is 0 Å². The Bertz CT molecular complexity index is 252. The first-order chi connectivity index (χ1) is 9.15. The van der Waals surface area contributed by atoms with Crippen LogP contribution in [0.2, 0.25) is 0 Å². The molecular weight excluding hydrogens is 238 g/mol. The largest absolute Gasteiger partial charge is 0.352 e. The first-order valence-electron chi connectivity index (χ1n) is 7.86. The molecule has 1 atom stereocenters. The highest BCUT2D eigenvalue weighted by molar-refractivity contribution is 5.81. The standard InChI is InChI=1S/C15H31N3O/c1-13(18(2)12-8-4-7-11-16)15(19)17-14-9-5-3-6-10-14/h13-14H,3-12,16H2,1-2H3,(H,17,19). The predicted molar refractivity (Wildman–Crippen MR) is 80.0 cm³/mol. The maximum Gasteiger partial charge on any atom is 0.237 e. The van der Waals surface area contributed by atoms with Crippen LogP contribution in [0.25, 0.3) is 0 Å². The summed E-state index contributed by atoms with van der Waals surface area (Å²) in [7, 11) is 2.04. The number of nitrogens with one attached hydrogen (secondary N) is 1. The van der Waals surface area contributed by atoms with Gasteiger partial charge in [0.1, 0.15) is 0 Å². The van der Waals surface area contributed by atoms with Gasteiger partial charge in [-0.2, -0.15) is 0 Å². The van der Waals surface area contributed by atoms with Crippen molar-refractivity contribution in [3.63, 3.8) is 0 Å². The zero-order chi connectivity index (χ0) is 14.1. The Labute approximate surface area is 118 Å². The Balaban J connectivity index is 2.21. The maximum atomic E-state index is 12.2. The van der Waals surface area contributed by atoms with Crippen molar-refractivity contribution < 1.29 is 4.79 Å². The number of carbonyl (C=O) groups is 1. The molecule has 1 aliphatic rings. The van der Waals surface area contributed by atoms with Gasteiger partial charge in [-0.3, -0.25) is 9.69 Å². The monoisotopic (exact) mass is 269 g/mol. The normalized spacial score (nSPS) is 18.5. The van der Waals surface area contributed by atoms with Gasteiger partial charge in [0.05, 0.1) is 6.04 Å². The van der Waals surface area contributed by atoms with E-state index in [0.29, 0.717) is 6.04 Å². The molecule has 4 nitrogen and oxygen atoms in total. The quantitative estimate of drug-likeness (QED) is 0.662. The minimum atomic E-state index is -0.0280. The fourth-order valence-electron chi connectivity index (χ4n) is 2.64. The summed E-state index contributed by atoms with van der Waals surface area (Å²) < 4.78 is 0. The minimum absolute atomic E-state index is 0.0280. The van der Waals surface area contributed by atoms with E-state index < -0.39 is 0 Å². The van der Waals surface area contributed by atoms with Gasteiger partial charge in [-0.25, -0.2) is 0 Å². The summed E-state index contributed by atoms with van der Waals surface area (Å²) >= 11 is 0. The summed E-state index contributed by atoms with van der Waals surface area (Å²) in [4.78, 5) is 14.3. The average molecular weight is 269 g/mol. The van der Waals surface area contributed by atoms with Crippen LogP contribution < -0.4 is 11.1 Å². The van der Waals surface area contributed by atoms with E-state index in [4.69, 9.17) is 5.73 Å². The number of nitrogens with zero attached hydrogens (tertiary/aromatic N) is 1. The highest BCUT2D eigenvalue weighted by Crippen LogP contribution is 2.17. The summed E-state index contributed by atoms with van der Waals surface area (Å²) in [6.45, 7) is 3.74. The molecule has 0 aromatic rings. The molecule has 3 N–H and O–H groups in total. The number of nitrogens with two attached hydrogens (primary N) is 1. The molecule has 1 fully saturated rings. The molecule has 0 heterocycles. The van der Waals surface area contributed by atoms with Crippen LogP contribution in [0.4, 0.5) is 0 Å². The van der Waals surface area contributed by atoms with E-state index in [0.717, 1.165) is 45.2 Å². The van der Waals surface area contributed by atoms with Crippen LogP contribution >= 0.6 is 0 Å². The molecule has 1 unspecified atom stereocenters. The first kappa shape index (κ1) is 16.4. The number of unbranched alkanes of at least 4 members (excludes halogenated alkanes) is 2. The molecule has 0 aliphatic heterocycles. The smallest absolute Gasteiger partial charge is 0.237 e. The van der Waals surface area contributed by atoms with Crippen molar-refractivity contribution in [3.05, 3.63) is 0 Å². The number of hydrogen-bond donors (Lipinski definition) is 2. The van der Waals surface area contributed by atoms with Crippen molar-refractivity contribution in [1.29, 1.82) is 0 Å². The second kappa shape index (κ2) is 9.32. The van der Waals surface area contributed by atoms with Gasteiger partial charge in [0.2, 0.25) is 5.91 Å². The van der Waals surface area contributed by atoms with Gasteiger partial charge in [0.25, 0.3) is 0 Å². The molecule has 0 saturated heterocycles. The van der Waals surface area contributed by atoms with E-state index >= 15 is 0 Å². The van der Waals surface area contributed by atoms with Crippen LogP contribution in [0.1, 0.15) is 58.3 Å². The van der Waals surface area contributed by atoms with Gasteiger partial charge in [0, 0.05) is 6.04 Å². The number of hydrogen-bond acceptors (Lipinski definition) is 3. The van der Waals surface area contributed by atoms with Gasteiger partial charge in [0.15, 0.2) is 0 Å². The highest BCUT2D eigenvalue weighted by atomic mass is 16.2. The maximum absolute atomic E-state index is 12.2. The average Bonchev–Trinajstić information content (AvgIpc) is 2.43. The van der Waals surface area contributed by atoms with Crippen LogP contribution in [0, 0.1) is 0 Å². The summed E-state index contributed by atoms with van der Waals surface area (Å²) in [6.07, 6.45) is 9.49. The molecule has 1 saturated carbocycles. The van der Waals surface area contributed by atoms with Crippen molar-refractivity contribution in [3.8, 4) is 0 Å². The lowest BCUT2D eigenvalue weighted by molar-refractivity contribution is -0.126. The van der Waals surface area contributed by atoms with Crippen molar-refractivity contribution in [2.75, 3.05) is 20.1 Å². The zero-order valence-electron chi connectivity index (χ0n) is 12.7. The second-order valence-electron chi connectivity index (χ2n) is 5.85. The van der Waals surface area contributed by atoms with E-state index in [-0.39, 0.29) is 11.9 Å². The second-order valence-corrected chi connectivity index (χ2v) is 5.85. The molecule has 19 heavy (non-hydrogen) atoms. The van der Waals surface area contributed by atoms with Gasteiger partial charge in [-0.05, 0) is 52.7 Å². The molecule has 4 heteroatoms. The van der Waals surface area contributed by atoms with Crippen molar-refractivity contribution in [2.24, 2.45) is 5.73 Å². The molecule has 1 aliphatic carbocycles. The number of likely N-dealkylation sites (N-methyl/N-ethyl adjacent to an activating group) is 1. The first-order valence-corrected chi connectivity index (χ1v) is 7.86. The fraction of sp³-hybridized carbons (Fsp3) is 0.933. The Morgan fingerprint density at radius 2 is 1.95 bits per heavy atom. The Hall–Kier alpha value is -0.610. The van der Waals surface area contributed by atoms with Gasteiger partial charge in [-0.1, -0.05) is 25.7 Å². The summed E-state index contributed by atoms with van der Waals surface area (Å²) in [5, 5.41) is 3.20. The fourth-order valence-corrected chi connectivity index (χ4v) is 2.64. The van der Waals surface area contributed by atoms with Crippen LogP contribution in [0.3, 0.4) is 0 Å². The van der Waals surface area contributed by atoms with Gasteiger partial charge < -0.3 is 11.1 Å². The number of rotatable bonds is 8. The van der Waals surface area contributed by atoms with E-state index in [2.05, 4.69) is 10.2 Å². The van der Waals surface area contributed by atoms with Crippen molar-refractivity contribution in [1.82, 2.24) is 10.2 Å². The molecule has 0 radical (unpaired) electrons. The van der Waals surface area contributed by atoms with E-state index in [1.54, 1.807) is 0 Å². The summed E-state index contributed by atoms with van der Waals surface area (Å²) in [5.74, 6) is 0.188. The van der Waals surface area contributed by atoms with Crippen LogP contribution in [0.5, 0.6) is 0 Å². The zero-order valence-corrected chi connectivity index (χ0v) is 12.7. The number of carbonyl (C=O) groups excluding carboxylic acids is 1. The third-order valence-electron chi connectivity index (χ3n) is 4.21. The molecule has 1 amide bonds. The third kappa shape index (κ3) is 6.39. The van der Waals surface area contributed by atoms with Crippen molar-refractivity contribution >= 4 is 5.91 Å². The Kier molecular flexibility index (Phi) is 8.07. The third-order valence-corrected chi connectivity index (χ3v) is 4.21. The molecular formula is C15H31N3O. The minimum Gasteiger partial charge on any atom is -0.352 e. The topological polar surface area (TPSA) is 58.4 Å². The van der Waals surface area contributed by atoms with E-state index in [1.807, 2.05) is 14.0 Å². The van der Waals surface area contributed by atoms with Crippen LogP contribution in [-0.4, -0.2) is 43.0 Å². The Morgan fingerprint density at radius 3 is 2.58 bits per heavy atom. The van der Waals surface area contributed by atoms with Crippen molar-refractivity contribution in [2.45, 2.75) is 70.4 Å². The summed E-state index contributed by atoms with van der Waals surface area (Å²) in [5.41, 5.74) is 5.48. The highest BCUT2D eigenvalue weighted by Gasteiger charge is 2.21. The molecule has 1 rings (SSSR count). The Morgan fingerprint density at radius 1 is 1.26 bits per heavy atom. The van der Waals surface area contributed by atoms with E-state index in [1.165, 1.54) is 19.3 Å². The lowest BCUT2D eigenvalue weighted by Crippen LogP contribution is -2.47. The molecule has 0 aromatic heterocycles. The molecule has 112 valence electrons. The lowest BCUT2D eigenvalue weighted by atomic mass is 9.95.